The van der Waals surface area contributed by atoms with Gasteiger partial charge in [-0.15, -0.1) is 0 Å². The number of hydrogen-bond donors (Lipinski definition) is 0. The second kappa shape index (κ2) is 3.65. The van der Waals surface area contributed by atoms with Gasteiger partial charge in [0.15, 0.2) is 0 Å². The van der Waals surface area contributed by atoms with Gasteiger partial charge in [0, 0.05) is 23.2 Å². The lowest BCUT2D eigenvalue weighted by Gasteiger charge is -2.00. The topological polar surface area (TPSA) is 25.8 Å². The fourth-order valence-corrected chi connectivity index (χ4v) is 1.68. The van der Waals surface area contributed by atoms with Crippen LogP contribution in [0.3, 0.4) is 0 Å². The highest BCUT2D eigenvalue weighted by atomic mass is 14.7. The van der Waals surface area contributed by atoms with Gasteiger partial charge in [-0.3, -0.25) is 9.97 Å². The molecule has 0 saturated heterocycles. The number of pyridine rings is 2. The standard InChI is InChI=1S/C12H8N2.CH4/c1-3-9-5-6-10-4-2-8-14-12(10)11(9)13-7-1;/h1-8H;1H4. The van der Waals surface area contributed by atoms with Crippen molar-refractivity contribution in [2.75, 3.05) is 0 Å². The molecule has 3 rings (SSSR count). The maximum Gasteiger partial charge on any atom is 0.0964 e. The second-order valence-electron chi connectivity index (χ2n) is 3.22. The Morgan fingerprint density at radius 3 is 1.60 bits per heavy atom. The predicted octanol–water partition coefficient (Wildman–Crippen LogP) is 3.42. The van der Waals surface area contributed by atoms with Crippen LogP contribution >= 0.6 is 0 Å². The van der Waals surface area contributed by atoms with Gasteiger partial charge in [0.1, 0.15) is 0 Å². The van der Waals surface area contributed by atoms with Crippen LogP contribution in [0.15, 0.2) is 48.8 Å². The molecule has 2 heteroatoms. The molecule has 2 aromatic heterocycles. The summed E-state index contributed by atoms with van der Waals surface area (Å²) in [6, 6.07) is 12.1. The van der Waals surface area contributed by atoms with Crippen LogP contribution < -0.4 is 0 Å². The fraction of sp³-hybridized carbons (Fsp3) is 0.0769. The van der Waals surface area contributed by atoms with Crippen LogP contribution in [-0.2, 0) is 0 Å². The first-order chi connectivity index (χ1) is 6.95. The molecule has 0 fully saturated rings. The van der Waals surface area contributed by atoms with Gasteiger partial charge in [0.05, 0.1) is 11.0 Å². The van der Waals surface area contributed by atoms with E-state index in [0.29, 0.717) is 0 Å². The Bertz CT molecular complexity index is 548. The number of nitrogens with zero attached hydrogens (tertiary/aromatic N) is 2. The minimum Gasteiger partial charge on any atom is -0.254 e. The largest absolute Gasteiger partial charge is 0.254 e. The van der Waals surface area contributed by atoms with Gasteiger partial charge in [-0.25, -0.2) is 0 Å². The van der Waals surface area contributed by atoms with Gasteiger partial charge in [-0.2, -0.15) is 0 Å². The molecule has 0 amide bonds. The van der Waals surface area contributed by atoms with Gasteiger partial charge in [-0.1, -0.05) is 31.7 Å². The molecule has 0 aliphatic heterocycles. The molecule has 15 heavy (non-hydrogen) atoms. The maximum atomic E-state index is 4.35. The zero-order chi connectivity index (χ0) is 9.38. The third kappa shape index (κ3) is 1.44. The molecule has 1 aromatic carbocycles. The minimum absolute atomic E-state index is 0. The van der Waals surface area contributed by atoms with E-state index < -0.39 is 0 Å². The van der Waals surface area contributed by atoms with Gasteiger partial charge in [0.25, 0.3) is 0 Å². The second-order valence-corrected chi connectivity index (χ2v) is 3.22. The number of fused-ring (bicyclic) bond motifs is 3. The first-order valence-corrected chi connectivity index (χ1v) is 4.53. The molecule has 2 heterocycles. The van der Waals surface area contributed by atoms with Crippen molar-refractivity contribution in [3.63, 3.8) is 0 Å². The Morgan fingerprint density at radius 2 is 1.13 bits per heavy atom. The van der Waals surface area contributed by atoms with Crippen molar-refractivity contribution in [1.29, 1.82) is 0 Å². The van der Waals surface area contributed by atoms with Gasteiger partial charge in [-0.05, 0) is 12.1 Å². The number of aromatic nitrogens is 2. The van der Waals surface area contributed by atoms with E-state index in [-0.39, 0.29) is 7.43 Å². The lowest BCUT2D eigenvalue weighted by molar-refractivity contribution is 1.37. The van der Waals surface area contributed by atoms with E-state index in [1.165, 1.54) is 0 Å². The van der Waals surface area contributed by atoms with Crippen molar-refractivity contribution in [1.82, 2.24) is 9.97 Å². The highest BCUT2D eigenvalue weighted by Crippen LogP contribution is 2.20. The van der Waals surface area contributed by atoms with E-state index in [1.54, 1.807) is 12.4 Å². The molecule has 0 N–H and O–H groups in total. The molecule has 0 atom stereocenters. The Balaban J connectivity index is 0.000000853. The van der Waals surface area contributed by atoms with E-state index >= 15 is 0 Å². The van der Waals surface area contributed by atoms with Crippen LogP contribution in [0, 0.1) is 0 Å². The number of benzene rings is 1. The molecule has 0 aliphatic carbocycles. The summed E-state index contributed by atoms with van der Waals surface area (Å²) in [4.78, 5) is 8.69. The summed E-state index contributed by atoms with van der Waals surface area (Å²) in [6.45, 7) is 0. The summed E-state index contributed by atoms with van der Waals surface area (Å²) in [6.07, 6.45) is 3.60. The third-order valence-electron chi connectivity index (χ3n) is 2.34. The first-order valence-electron chi connectivity index (χ1n) is 4.53. The average Bonchev–Trinajstić information content (AvgIpc) is 2.29. The predicted molar refractivity (Wildman–Crippen MR) is 63.8 cm³/mol. The van der Waals surface area contributed by atoms with Crippen molar-refractivity contribution < 1.29 is 0 Å². The average molecular weight is 196 g/mol. The molecule has 2 nitrogen and oxygen atoms in total. The van der Waals surface area contributed by atoms with Crippen molar-refractivity contribution in [2.24, 2.45) is 0 Å². The van der Waals surface area contributed by atoms with Crippen LogP contribution in [0.25, 0.3) is 21.8 Å². The summed E-state index contributed by atoms with van der Waals surface area (Å²) < 4.78 is 0. The summed E-state index contributed by atoms with van der Waals surface area (Å²) in [5.41, 5.74) is 1.95. The van der Waals surface area contributed by atoms with Crippen LogP contribution in [-0.4, -0.2) is 9.97 Å². The van der Waals surface area contributed by atoms with E-state index in [0.717, 1.165) is 21.8 Å². The molecule has 0 unspecified atom stereocenters. The van der Waals surface area contributed by atoms with Crippen LogP contribution in [0.4, 0.5) is 0 Å². The summed E-state index contributed by atoms with van der Waals surface area (Å²) in [5.74, 6) is 0. The normalized spacial score (nSPS) is 10.1. The SMILES string of the molecule is C.c1cnc2c(c1)ccc1cccnc12. The third-order valence-corrected chi connectivity index (χ3v) is 2.34. The Kier molecular flexibility index (Phi) is 2.34. The van der Waals surface area contributed by atoms with Gasteiger partial charge in [0.2, 0.25) is 0 Å². The fourth-order valence-electron chi connectivity index (χ4n) is 1.68. The Labute approximate surface area is 88.6 Å². The molecule has 0 aliphatic rings. The van der Waals surface area contributed by atoms with E-state index in [9.17, 15) is 0 Å². The minimum atomic E-state index is 0. The van der Waals surface area contributed by atoms with Crippen molar-refractivity contribution in [2.45, 2.75) is 7.43 Å². The zero-order valence-corrected chi connectivity index (χ0v) is 7.51. The molecule has 3 aromatic rings. The van der Waals surface area contributed by atoms with Crippen LogP contribution in [0.2, 0.25) is 0 Å². The highest BCUT2D eigenvalue weighted by Gasteiger charge is 2.00. The smallest absolute Gasteiger partial charge is 0.0964 e. The molecular formula is C13H12N2. The zero-order valence-electron chi connectivity index (χ0n) is 7.51. The molecule has 0 radical (unpaired) electrons. The quantitative estimate of drug-likeness (QED) is 0.515. The maximum absolute atomic E-state index is 4.35. The molecule has 0 bridgehead atoms. The van der Waals surface area contributed by atoms with E-state index in [1.807, 2.05) is 12.1 Å². The first kappa shape index (κ1) is 9.59. The summed E-state index contributed by atoms with van der Waals surface area (Å²) in [5, 5.41) is 2.28. The molecule has 0 spiro atoms. The summed E-state index contributed by atoms with van der Waals surface area (Å²) in [7, 11) is 0. The van der Waals surface area contributed by atoms with Gasteiger partial charge < -0.3 is 0 Å². The monoisotopic (exact) mass is 196 g/mol. The number of rotatable bonds is 0. The molecular weight excluding hydrogens is 184 g/mol. The highest BCUT2D eigenvalue weighted by molar-refractivity contribution is 6.02. The van der Waals surface area contributed by atoms with Crippen molar-refractivity contribution in [3.05, 3.63) is 48.8 Å². The van der Waals surface area contributed by atoms with Crippen molar-refractivity contribution >= 4 is 21.8 Å². The van der Waals surface area contributed by atoms with Crippen LogP contribution in [0.1, 0.15) is 7.43 Å². The van der Waals surface area contributed by atoms with E-state index in [2.05, 4.69) is 34.2 Å². The number of hydrogen-bond acceptors (Lipinski definition) is 2. The molecule has 74 valence electrons. The lowest BCUT2D eigenvalue weighted by atomic mass is 10.1. The van der Waals surface area contributed by atoms with Crippen LogP contribution in [0.5, 0.6) is 0 Å². The van der Waals surface area contributed by atoms with Gasteiger partial charge >= 0.3 is 0 Å². The lowest BCUT2D eigenvalue weighted by Crippen LogP contribution is -1.83. The molecule has 0 saturated carbocycles. The Morgan fingerprint density at radius 1 is 0.667 bits per heavy atom. The Hall–Kier alpha value is -1.96. The summed E-state index contributed by atoms with van der Waals surface area (Å²) >= 11 is 0. The van der Waals surface area contributed by atoms with Crippen molar-refractivity contribution in [3.8, 4) is 0 Å². The van der Waals surface area contributed by atoms with E-state index in [4.69, 9.17) is 0 Å².